The van der Waals surface area contributed by atoms with Crippen molar-refractivity contribution in [2.75, 3.05) is 40.4 Å². The normalized spacial score (nSPS) is 26.5. The van der Waals surface area contributed by atoms with E-state index in [4.69, 9.17) is 18.9 Å². The molecular weight excluding hydrogens is 520 g/mol. The van der Waals surface area contributed by atoms with E-state index in [1.807, 2.05) is 33.2 Å². The Morgan fingerprint density at radius 3 is 1.95 bits per heavy atom. The van der Waals surface area contributed by atoms with Crippen LogP contribution < -0.4 is 9.47 Å². The van der Waals surface area contributed by atoms with Gasteiger partial charge in [-0.3, -0.25) is 0 Å². The Hall–Kier alpha value is -2.84. The summed E-state index contributed by atoms with van der Waals surface area (Å²) in [6.07, 6.45) is 8.04. The molecule has 4 unspecified atom stereocenters. The van der Waals surface area contributed by atoms with Crippen molar-refractivity contribution < 1.29 is 28.5 Å². The molecule has 0 amide bonds. The lowest BCUT2D eigenvalue weighted by Gasteiger charge is -2.32. The molecule has 8 heteroatoms. The molecule has 4 rings (SSSR count). The van der Waals surface area contributed by atoms with Gasteiger partial charge in [-0.05, 0) is 90.1 Å². The average molecular weight is 569 g/mol. The van der Waals surface area contributed by atoms with Crippen LogP contribution in [0.25, 0.3) is 0 Å². The lowest BCUT2D eigenvalue weighted by atomic mass is 9.73. The second-order valence-electron chi connectivity index (χ2n) is 12.2. The van der Waals surface area contributed by atoms with E-state index in [0.717, 1.165) is 75.6 Å². The molecule has 0 spiro atoms. The Morgan fingerprint density at radius 2 is 1.49 bits per heavy atom. The zero-order chi connectivity index (χ0) is 29.5. The molecule has 0 aromatic heterocycles. The molecule has 1 aromatic carbocycles. The molecule has 2 heterocycles. The van der Waals surface area contributed by atoms with Gasteiger partial charge in [0.1, 0.15) is 11.5 Å². The van der Waals surface area contributed by atoms with Crippen LogP contribution in [0.4, 0.5) is 9.59 Å². The van der Waals surface area contributed by atoms with Gasteiger partial charge in [-0.2, -0.15) is 0 Å². The van der Waals surface area contributed by atoms with Gasteiger partial charge in [0, 0.05) is 36.7 Å². The summed E-state index contributed by atoms with van der Waals surface area (Å²) in [6.45, 7) is 13.2. The Kier molecular flexibility index (Phi) is 10.9. The number of ether oxygens (including phenoxy) is 4. The Morgan fingerprint density at radius 1 is 0.951 bits per heavy atom. The van der Waals surface area contributed by atoms with Crippen LogP contribution in [0.3, 0.4) is 0 Å². The molecule has 41 heavy (non-hydrogen) atoms. The van der Waals surface area contributed by atoms with E-state index >= 15 is 0 Å². The highest BCUT2D eigenvalue weighted by atomic mass is 16.7. The molecule has 226 valence electrons. The fraction of sp³-hybridized carbons (Fsp3) is 0.636. The summed E-state index contributed by atoms with van der Waals surface area (Å²) >= 11 is 0. The number of unbranched alkanes of at least 4 members (excludes halogenated alkanes) is 2. The Labute approximate surface area is 245 Å². The largest absolute Gasteiger partial charge is 0.513 e. The van der Waals surface area contributed by atoms with Crippen molar-refractivity contribution in [1.29, 1.82) is 0 Å². The van der Waals surface area contributed by atoms with Crippen LogP contribution in [0.5, 0.6) is 11.5 Å². The number of hydrogen-bond acceptors (Lipinski definition) is 8. The van der Waals surface area contributed by atoms with E-state index in [1.54, 1.807) is 0 Å². The van der Waals surface area contributed by atoms with Crippen LogP contribution in [-0.2, 0) is 15.9 Å². The van der Waals surface area contributed by atoms with Crippen LogP contribution in [-0.4, -0.2) is 74.6 Å². The van der Waals surface area contributed by atoms with Crippen molar-refractivity contribution >= 4 is 12.3 Å². The van der Waals surface area contributed by atoms with Crippen LogP contribution in [0.2, 0.25) is 0 Å². The first-order valence-corrected chi connectivity index (χ1v) is 15.3. The van der Waals surface area contributed by atoms with Gasteiger partial charge in [-0.1, -0.05) is 43.6 Å². The number of likely N-dealkylation sites (N-methyl/N-ethyl adjacent to an activating group) is 2. The molecule has 3 aliphatic rings. The van der Waals surface area contributed by atoms with Crippen molar-refractivity contribution in [2.24, 2.45) is 5.92 Å². The number of benzene rings is 1. The van der Waals surface area contributed by atoms with Crippen molar-refractivity contribution in [3.05, 3.63) is 47.1 Å². The van der Waals surface area contributed by atoms with Gasteiger partial charge >= 0.3 is 12.3 Å². The fourth-order valence-corrected chi connectivity index (χ4v) is 5.77. The maximum absolute atomic E-state index is 12.9. The molecular formula is C33H48N2O6. The lowest BCUT2D eigenvalue weighted by molar-refractivity contribution is 0.0948. The summed E-state index contributed by atoms with van der Waals surface area (Å²) < 4.78 is 22.8. The van der Waals surface area contributed by atoms with Crippen LogP contribution >= 0.6 is 0 Å². The fourth-order valence-electron chi connectivity index (χ4n) is 5.77. The Bertz CT molecular complexity index is 1070. The van der Waals surface area contributed by atoms with E-state index in [0.29, 0.717) is 42.4 Å². The van der Waals surface area contributed by atoms with E-state index < -0.39 is 12.3 Å². The third-order valence-corrected chi connectivity index (χ3v) is 8.65. The van der Waals surface area contributed by atoms with Gasteiger partial charge in [0.2, 0.25) is 0 Å². The summed E-state index contributed by atoms with van der Waals surface area (Å²) in [5.41, 5.74) is 3.88. The number of allylic oxidation sites excluding steroid dienone is 3. The number of rotatable bonds is 14. The van der Waals surface area contributed by atoms with Crippen molar-refractivity contribution in [3.8, 4) is 11.5 Å². The SMILES string of the molecule is C=C(C)[C@@H]1CCC(C)=C[C@H]1c1c(OC(=O)OCCC2CN2C)cc(CCCCC)cc1OC(=O)OCCC1CN1C. The summed E-state index contributed by atoms with van der Waals surface area (Å²) in [7, 11) is 4.10. The minimum atomic E-state index is -0.745. The minimum Gasteiger partial charge on any atom is -0.434 e. The minimum absolute atomic E-state index is 0.109. The van der Waals surface area contributed by atoms with Gasteiger partial charge < -0.3 is 28.7 Å². The second-order valence-corrected chi connectivity index (χ2v) is 12.2. The first kappa shape index (κ1) is 31.1. The number of aryl methyl sites for hydroxylation is 1. The average Bonchev–Trinajstić information content (AvgIpc) is 3.81. The molecule has 0 bridgehead atoms. The summed E-state index contributed by atoms with van der Waals surface area (Å²) in [5.74, 6) is 0.684. The first-order valence-electron chi connectivity index (χ1n) is 15.3. The summed E-state index contributed by atoms with van der Waals surface area (Å²) in [5, 5.41) is 0. The van der Waals surface area contributed by atoms with Gasteiger partial charge in [0.15, 0.2) is 0 Å². The van der Waals surface area contributed by atoms with Crippen LogP contribution in [0.1, 0.15) is 82.8 Å². The summed E-state index contributed by atoms with van der Waals surface area (Å²) in [6, 6.07) is 4.74. The van der Waals surface area contributed by atoms with Crippen molar-refractivity contribution in [2.45, 2.75) is 90.1 Å². The molecule has 2 saturated heterocycles. The monoisotopic (exact) mass is 568 g/mol. The highest BCUT2D eigenvalue weighted by molar-refractivity contribution is 5.69. The zero-order valence-electron chi connectivity index (χ0n) is 25.6. The molecule has 0 N–H and O–H groups in total. The van der Waals surface area contributed by atoms with E-state index in [-0.39, 0.29) is 11.8 Å². The van der Waals surface area contributed by atoms with E-state index in [9.17, 15) is 9.59 Å². The molecule has 8 nitrogen and oxygen atoms in total. The van der Waals surface area contributed by atoms with Gasteiger partial charge in [-0.25, -0.2) is 9.59 Å². The maximum atomic E-state index is 12.9. The van der Waals surface area contributed by atoms with Crippen LogP contribution in [0.15, 0.2) is 35.9 Å². The third kappa shape index (κ3) is 9.07. The number of carbonyl (C=O) groups excluding carboxylic acids is 2. The van der Waals surface area contributed by atoms with Crippen LogP contribution in [0, 0.1) is 5.92 Å². The molecule has 2 fully saturated rings. The molecule has 6 atom stereocenters. The molecule has 1 aliphatic carbocycles. The second kappa shape index (κ2) is 14.4. The standard InChI is InChI=1S/C33H48N2O6/c1-7-8-9-10-24-18-29(40-32(36)38-15-13-25-20-34(25)5)31(28-17-23(4)11-12-27(28)22(2)3)30(19-24)41-33(37)39-16-14-26-21-35(26)6/h17-19,25-28H,2,7-16,20-21H2,1,3-6H3/t25?,26?,27-,28+,34?,35?/m0/s1. The quantitative estimate of drug-likeness (QED) is 0.0791. The summed E-state index contributed by atoms with van der Waals surface area (Å²) in [4.78, 5) is 30.3. The van der Waals surface area contributed by atoms with Crippen molar-refractivity contribution in [3.63, 3.8) is 0 Å². The first-order chi connectivity index (χ1) is 19.7. The lowest BCUT2D eigenvalue weighted by Crippen LogP contribution is -2.22. The van der Waals surface area contributed by atoms with Gasteiger partial charge in [0.25, 0.3) is 0 Å². The number of carbonyl (C=O) groups is 2. The van der Waals surface area contributed by atoms with E-state index in [2.05, 4.69) is 36.3 Å². The predicted octanol–water partition coefficient (Wildman–Crippen LogP) is 6.87. The number of nitrogens with zero attached hydrogens (tertiary/aromatic N) is 2. The maximum Gasteiger partial charge on any atom is 0.513 e. The number of hydrogen-bond donors (Lipinski definition) is 0. The predicted molar refractivity (Wildman–Crippen MR) is 160 cm³/mol. The topological polar surface area (TPSA) is 77.1 Å². The highest BCUT2D eigenvalue weighted by Crippen LogP contribution is 2.47. The molecule has 0 saturated carbocycles. The molecule has 2 aliphatic heterocycles. The van der Waals surface area contributed by atoms with Crippen molar-refractivity contribution in [1.82, 2.24) is 9.80 Å². The molecule has 1 aromatic rings. The smallest absolute Gasteiger partial charge is 0.434 e. The van der Waals surface area contributed by atoms with E-state index in [1.165, 1.54) is 5.57 Å². The molecule has 0 radical (unpaired) electrons. The highest BCUT2D eigenvalue weighted by Gasteiger charge is 2.34. The van der Waals surface area contributed by atoms with Gasteiger partial charge in [0.05, 0.1) is 13.2 Å². The third-order valence-electron chi connectivity index (χ3n) is 8.65. The van der Waals surface area contributed by atoms with Gasteiger partial charge in [-0.15, -0.1) is 0 Å². The zero-order valence-corrected chi connectivity index (χ0v) is 25.6. The Balaban J connectivity index is 1.63.